The van der Waals surface area contributed by atoms with Gasteiger partial charge in [0.05, 0.1) is 18.2 Å². The predicted octanol–water partition coefficient (Wildman–Crippen LogP) is 3.40. The summed E-state index contributed by atoms with van der Waals surface area (Å²) in [6.45, 7) is 4.81. The highest BCUT2D eigenvalue weighted by molar-refractivity contribution is 5.94. The van der Waals surface area contributed by atoms with E-state index in [2.05, 4.69) is 33.5 Å². The van der Waals surface area contributed by atoms with Gasteiger partial charge in [-0.05, 0) is 43.7 Å². The number of rotatable bonds is 3. The maximum Gasteiger partial charge on any atom is 0.200 e. The average Bonchev–Trinajstić information content (AvgIpc) is 3.38. The second-order valence-corrected chi connectivity index (χ2v) is 6.24. The lowest BCUT2D eigenvalue weighted by molar-refractivity contribution is 0.494. The Hall–Kier alpha value is -3.48. The van der Waals surface area contributed by atoms with Crippen molar-refractivity contribution in [2.75, 3.05) is 0 Å². The molecule has 0 aliphatic carbocycles. The fourth-order valence-electron chi connectivity index (χ4n) is 3.29. The van der Waals surface area contributed by atoms with Gasteiger partial charge in [-0.25, -0.2) is 14.5 Å². The lowest BCUT2D eigenvalue weighted by Crippen LogP contribution is -2.02. The summed E-state index contributed by atoms with van der Waals surface area (Å²) >= 11 is 0. The molecule has 128 valence electrons. The minimum absolute atomic E-state index is 0.593. The molecule has 0 aliphatic rings. The maximum absolute atomic E-state index is 5.51. The van der Waals surface area contributed by atoms with E-state index in [0.29, 0.717) is 12.4 Å². The van der Waals surface area contributed by atoms with E-state index in [1.54, 1.807) is 23.3 Å². The van der Waals surface area contributed by atoms with Gasteiger partial charge in [-0.3, -0.25) is 4.98 Å². The third-order valence-corrected chi connectivity index (χ3v) is 4.73. The summed E-state index contributed by atoms with van der Waals surface area (Å²) < 4.78 is 9.38. The van der Waals surface area contributed by atoms with E-state index in [4.69, 9.17) is 9.40 Å². The number of hydrogen-bond donors (Lipinski definition) is 0. The van der Waals surface area contributed by atoms with E-state index in [-0.39, 0.29) is 0 Å². The number of aromatic nitrogens is 6. The molecule has 0 atom stereocenters. The molecule has 0 amide bonds. The van der Waals surface area contributed by atoms with Crippen molar-refractivity contribution in [2.24, 2.45) is 0 Å². The third-order valence-electron chi connectivity index (χ3n) is 4.73. The quantitative estimate of drug-likeness (QED) is 0.501. The Morgan fingerprint density at radius 1 is 1.04 bits per heavy atom. The topological polar surface area (TPSA) is 74.0 Å². The molecule has 5 aromatic rings. The molecule has 0 fully saturated rings. The van der Waals surface area contributed by atoms with E-state index in [1.807, 2.05) is 30.3 Å². The molecule has 0 saturated heterocycles. The minimum atomic E-state index is 0.593. The van der Waals surface area contributed by atoms with Crippen LogP contribution in [0.5, 0.6) is 0 Å². The normalized spacial score (nSPS) is 11.6. The fourth-order valence-corrected chi connectivity index (χ4v) is 3.29. The van der Waals surface area contributed by atoms with Crippen LogP contribution in [0, 0.1) is 13.8 Å². The molecule has 0 N–H and O–H groups in total. The van der Waals surface area contributed by atoms with E-state index in [0.717, 1.165) is 39.4 Å². The van der Waals surface area contributed by atoms with Gasteiger partial charge in [-0.1, -0.05) is 6.07 Å². The molecule has 0 unspecified atom stereocenters. The SMILES string of the molecule is Cc1c(C)n(Cc2ccco2)c2ncn3nc(-c4ccccn4)nc3c12. The summed E-state index contributed by atoms with van der Waals surface area (Å²) in [5.41, 5.74) is 4.69. The van der Waals surface area contributed by atoms with E-state index < -0.39 is 0 Å². The van der Waals surface area contributed by atoms with Crippen molar-refractivity contribution >= 4 is 16.7 Å². The second-order valence-electron chi connectivity index (χ2n) is 6.24. The van der Waals surface area contributed by atoms with Crippen LogP contribution in [-0.4, -0.2) is 29.1 Å². The smallest absolute Gasteiger partial charge is 0.200 e. The summed E-state index contributed by atoms with van der Waals surface area (Å²) in [4.78, 5) is 13.7. The molecule has 7 nitrogen and oxygen atoms in total. The van der Waals surface area contributed by atoms with Crippen LogP contribution in [0.3, 0.4) is 0 Å². The van der Waals surface area contributed by atoms with Gasteiger partial charge in [-0.2, -0.15) is 0 Å². The van der Waals surface area contributed by atoms with E-state index >= 15 is 0 Å². The van der Waals surface area contributed by atoms with Crippen LogP contribution in [0.15, 0.2) is 53.5 Å². The average molecular weight is 344 g/mol. The van der Waals surface area contributed by atoms with Crippen molar-refractivity contribution in [1.82, 2.24) is 29.1 Å². The minimum Gasteiger partial charge on any atom is -0.467 e. The molecule has 5 aromatic heterocycles. The zero-order valence-corrected chi connectivity index (χ0v) is 14.4. The van der Waals surface area contributed by atoms with Gasteiger partial charge in [0.25, 0.3) is 0 Å². The molecule has 26 heavy (non-hydrogen) atoms. The van der Waals surface area contributed by atoms with Gasteiger partial charge in [0.15, 0.2) is 5.65 Å². The highest BCUT2D eigenvalue weighted by Crippen LogP contribution is 2.28. The van der Waals surface area contributed by atoms with Crippen LogP contribution in [0.4, 0.5) is 0 Å². The summed E-state index contributed by atoms with van der Waals surface area (Å²) in [6, 6.07) is 9.57. The van der Waals surface area contributed by atoms with Crippen LogP contribution < -0.4 is 0 Å². The number of aryl methyl sites for hydroxylation is 1. The van der Waals surface area contributed by atoms with Crippen LogP contribution >= 0.6 is 0 Å². The van der Waals surface area contributed by atoms with Crippen molar-refractivity contribution in [1.29, 1.82) is 0 Å². The van der Waals surface area contributed by atoms with Gasteiger partial charge in [0.2, 0.25) is 5.82 Å². The number of nitrogens with zero attached hydrogens (tertiary/aromatic N) is 6. The first-order valence-corrected chi connectivity index (χ1v) is 8.37. The molecule has 5 rings (SSSR count). The second kappa shape index (κ2) is 5.52. The zero-order valence-electron chi connectivity index (χ0n) is 14.4. The summed E-state index contributed by atoms with van der Waals surface area (Å²) in [7, 11) is 0. The van der Waals surface area contributed by atoms with Crippen molar-refractivity contribution < 1.29 is 4.42 Å². The first-order chi connectivity index (χ1) is 12.7. The van der Waals surface area contributed by atoms with Crippen LogP contribution in [0.1, 0.15) is 17.0 Å². The fraction of sp³-hybridized carbons (Fsp3) is 0.158. The highest BCUT2D eigenvalue weighted by atomic mass is 16.3. The Morgan fingerprint density at radius 3 is 2.73 bits per heavy atom. The van der Waals surface area contributed by atoms with E-state index in [9.17, 15) is 0 Å². The van der Waals surface area contributed by atoms with E-state index in [1.165, 1.54) is 0 Å². The van der Waals surface area contributed by atoms with Crippen LogP contribution in [-0.2, 0) is 6.54 Å². The van der Waals surface area contributed by atoms with Gasteiger partial charge in [0, 0.05) is 11.9 Å². The zero-order chi connectivity index (χ0) is 17.7. The Kier molecular flexibility index (Phi) is 3.15. The molecule has 0 spiro atoms. The standard InChI is InChI=1S/C19H16N6O/c1-12-13(2)24(10-14-6-5-9-26-14)18-16(12)19-22-17(23-25(19)11-21-18)15-7-3-4-8-20-15/h3-9,11H,10H2,1-2H3. The number of furan rings is 1. The molecule has 0 aromatic carbocycles. The molecule has 0 aliphatic heterocycles. The Bertz CT molecular complexity index is 1220. The Labute approximate surface area is 149 Å². The number of pyridine rings is 1. The molecule has 0 saturated carbocycles. The van der Waals surface area contributed by atoms with Crippen molar-refractivity contribution in [3.05, 3.63) is 66.1 Å². The molecule has 7 heteroatoms. The largest absolute Gasteiger partial charge is 0.467 e. The summed E-state index contributed by atoms with van der Waals surface area (Å²) in [5.74, 6) is 1.48. The van der Waals surface area contributed by atoms with Gasteiger partial charge in [0.1, 0.15) is 23.4 Å². The number of hydrogen-bond acceptors (Lipinski definition) is 5. The molecule has 5 heterocycles. The molecule has 0 bridgehead atoms. The monoisotopic (exact) mass is 344 g/mol. The predicted molar refractivity (Wildman–Crippen MR) is 96.8 cm³/mol. The van der Waals surface area contributed by atoms with Crippen molar-refractivity contribution in [3.8, 4) is 11.5 Å². The summed E-state index contributed by atoms with van der Waals surface area (Å²) in [6.07, 6.45) is 5.13. The van der Waals surface area contributed by atoms with Gasteiger partial charge >= 0.3 is 0 Å². The Morgan fingerprint density at radius 2 is 1.96 bits per heavy atom. The van der Waals surface area contributed by atoms with Crippen LogP contribution in [0.2, 0.25) is 0 Å². The first kappa shape index (κ1) is 14.8. The van der Waals surface area contributed by atoms with Gasteiger partial charge in [-0.15, -0.1) is 5.10 Å². The van der Waals surface area contributed by atoms with Gasteiger partial charge < -0.3 is 8.98 Å². The van der Waals surface area contributed by atoms with Crippen molar-refractivity contribution in [3.63, 3.8) is 0 Å². The maximum atomic E-state index is 5.51. The third kappa shape index (κ3) is 2.13. The van der Waals surface area contributed by atoms with Crippen molar-refractivity contribution in [2.45, 2.75) is 20.4 Å². The molecular weight excluding hydrogens is 328 g/mol. The molecule has 0 radical (unpaired) electrons. The highest BCUT2D eigenvalue weighted by Gasteiger charge is 2.19. The summed E-state index contributed by atoms with van der Waals surface area (Å²) in [5, 5.41) is 5.55. The molecular formula is C19H16N6O. The van der Waals surface area contributed by atoms with Crippen LogP contribution in [0.25, 0.3) is 28.2 Å². The lowest BCUT2D eigenvalue weighted by atomic mass is 10.2. The lowest BCUT2D eigenvalue weighted by Gasteiger charge is -2.05. The Balaban J connectivity index is 1.74. The first-order valence-electron chi connectivity index (χ1n) is 8.37. The number of fused-ring (bicyclic) bond motifs is 3.